The molecule has 6 heteroatoms. The molecule has 4 atom stereocenters. The van der Waals surface area contributed by atoms with Crippen molar-refractivity contribution in [3.8, 4) is 17.2 Å². The first-order chi connectivity index (χ1) is 20.0. The maximum Gasteiger partial charge on any atom is 0.514 e. The number of phenols is 1. The zero-order chi connectivity index (χ0) is 30.7. The molecule has 4 unspecified atom stereocenters. The van der Waals surface area contributed by atoms with Gasteiger partial charge in [0.15, 0.2) is 6.29 Å². The highest BCUT2D eigenvalue weighted by Gasteiger charge is 2.23. The molecule has 0 spiro atoms. The number of ether oxygens (including phenoxy) is 4. The van der Waals surface area contributed by atoms with Gasteiger partial charge in [-0.3, -0.25) is 0 Å². The maximum atomic E-state index is 12.2. The zero-order valence-electron chi connectivity index (χ0n) is 26.3. The van der Waals surface area contributed by atoms with Crippen LogP contribution in [0, 0.1) is 0 Å². The molecule has 0 aromatic heterocycles. The molecule has 0 heterocycles. The number of carbonyl (C=O) groups excluding carboxylic acids is 1. The smallest absolute Gasteiger partial charge is 0.508 e. The number of aromatic hydroxyl groups is 1. The Morgan fingerprint density at radius 1 is 0.762 bits per heavy atom. The molecule has 0 bridgehead atoms. The van der Waals surface area contributed by atoms with Crippen molar-refractivity contribution in [3.63, 3.8) is 0 Å². The highest BCUT2D eigenvalue weighted by molar-refractivity contribution is 5.64. The lowest BCUT2D eigenvalue weighted by Crippen LogP contribution is -2.25. The molecule has 0 saturated carbocycles. The molecular formula is C36H48O6. The number of carbonyl (C=O) groups is 1. The summed E-state index contributed by atoms with van der Waals surface area (Å²) in [5, 5.41) is 9.77. The molecule has 0 aliphatic rings. The zero-order valence-corrected chi connectivity index (χ0v) is 26.3. The van der Waals surface area contributed by atoms with Gasteiger partial charge in [0, 0.05) is 0 Å². The van der Waals surface area contributed by atoms with E-state index in [1.54, 1.807) is 12.1 Å². The van der Waals surface area contributed by atoms with E-state index in [0.29, 0.717) is 18.3 Å². The molecule has 0 saturated heterocycles. The molecule has 228 valence electrons. The molecular weight excluding hydrogens is 528 g/mol. The van der Waals surface area contributed by atoms with Gasteiger partial charge in [0.05, 0.1) is 6.61 Å². The lowest BCUT2D eigenvalue weighted by atomic mass is 9.78. The van der Waals surface area contributed by atoms with E-state index in [0.717, 1.165) is 31.4 Å². The molecule has 3 aromatic rings. The van der Waals surface area contributed by atoms with Crippen molar-refractivity contribution >= 4 is 6.16 Å². The molecule has 42 heavy (non-hydrogen) atoms. The summed E-state index contributed by atoms with van der Waals surface area (Å²) < 4.78 is 22.3. The Balaban J connectivity index is 1.79. The van der Waals surface area contributed by atoms with Crippen LogP contribution in [0.2, 0.25) is 0 Å². The third-order valence-corrected chi connectivity index (χ3v) is 7.31. The van der Waals surface area contributed by atoms with E-state index in [9.17, 15) is 9.90 Å². The maximum absolute atomic E-state index is 12.2. The second-order valence-electron chi connectivity index (χ2n) is 12.0. The minimum Gasteiger partial charge on any atom is -0.508 e. The van der Waals surface area contributed by atoms with E-state index in [4.69, 9.17) is 18.9 Å². The molecule has 1 N–H and O–H groups in total. The monoisotopic (exact) mass is 576 g/mol. The Labute approximate surface area is 252 Å². The quantitative estimate of drug-likeness (QED) is 0.117. The van der Waals surface area contributed by atoms with E-state index in [2.05, 4.69) is 45.0 Å². The summed E-state index contributed by atoms with van der Waals surface area (Å²) in [6, 6.07) is 23.6. The van der Waals surface area contributed by atoms with Crippen LogP contribution in [0.5, 0.6) is 17.2 Å². The molecule has 6 nitrogen and oxygen atoms in total. The molecule has 3 rings (SSSR count). The van der Waals surface area contributed by atoms with E-state index < -0.39 is 11.8 Å². The van der Waals surface area contributed by atoms with Crippen LogP contribution in [0.25, 0.3) is 0 Å². The number of hydrogen-bond acceptors (Lipinski definition) is 6. The minimum atomic E-state index is -0.711. The Morgan fingerprint density at radius 2 is 1.31 bits per heavy atom. The third-order valence-electron chi connectivity index (χ3n) is 7.31. The van der Waals surface area contributed by atoms with Crippen molar-refractivity contribution in [3.05, 3.63) is 89.5 Å². The van der Waals surface area contributed by atoms with Crippen molar-refractivity contribution in [2.45, 2.75) is 104 Å². The molecule has 3 aromatic carbocycles. The van der Waals surface area contributed by atoms with Gasteiger partial charge in [-0.25, -0.2) is 4.79 Å². The Morgan fingerprint density at radius 3 is 1.86 bits per heavy atom. The average Bonchev–Trinajstić information content (AvgIpc) is 2.94. The first kappa shape index (κ1) is 33.0. The van der Waals surface area contributed by atoms with Gasteiger partial charge in [0.1, 0.15) is 22.8 Å². The van der Waals surface area contributed by atoms with E-state index in [1.165, 1.54) is 16.7 Å². The summed E-state index contributed by atoms with van der Waals surface area (Å²) in [6.45, 7) is 14.6. The first-order valence-electron chi connectivity index (χ1n) is 15.1. The first-order valence-corrected chi connectivity index (χ1v) is 15.1. The van der Waals surface area contributed by atoms with Crippen molar-refractivity contribution < 1.29 is 28.8 Å². The van der Waals surface area contributed by atoms with Crippen LogP contribution in [0.15, 0.2) is 72.8 Å². The van der Waals surface area contributed by atoms with E-state index in [1.807, 2.05) is 64.1 Å². The van der Waals surface area contributed by atoms with Gasteiger partial charge < -0.3 is 24.1 Å². The van der Waals surface area contributed by atoms with Crippen molar-refractivity contribution in [1.82, 2.24) is 0 Å². The van der Waals surface area contributed by atoms with Crippen LogP contribution < -0.4 is 9.47 Å². The fourth-order valence-corrected chi connectivity index (χ4v) is 5.12. The summed E-state index contributed by atoms with van der Waals surface area (Å²) in [5.41, 5.74) is 3.04. The second-order valence-corrected chi connectivity index (χ2v) is 12.0. The molecule has 0 amide bonds. The largest absolute Gasteiger partial charge is 0.514 e. The number of phenolic OH excluding ortho intramolecular Hbond substituents is 1. The SMILES string of the molecule is CCCOC(C)Oc1ccc(C(CC)CC(CC(C)c2ccc(O)cc2)c2ccc(OC(=O)OC(C)(C)C)cc2)cc1. The summed E-state index contributed by atoms with van der Waals surface area (Å²) in [4.78, 5) is 12.2. The van der Waals surface area contributed by atoms with Gasteiger partial charge in [0.2, 0.25) is 0 Å². The fraction of sp³-hybridized carbons (Fsp3) is 0.472. The van der Waals surface area contributed by atoms with Crippen LogP contribution >= 0.6 is 0 Å². The molecule has 0 fully saturated rings. The van der Waals surface area contributed by atoms with Crippen LogP contribution in [0.1, 0.15) is 109 Å². The van der Waals surface area contributed by atoms with Gasteiger partial charge in [-0.15, -0.1) is 0 Å². The summed E-state index contributed by atoms with van der Waals surface area (Å²) in [7, 11) is 0. The lowest BCUT2D eigenvalue weighted by molar-refractivity contribution is -0.0663. The summed E-state index contributed by atoms with van der Waals surface area (Å²) in [6.07, 6.45) is 2.85. The van der Waals surface area contributed by atoms with Crippen LogP contribution in [0.3, 0.4) is 0 Å². The highest BCUT2D eigenvalue weighted by Crippen LogP contribution is 2.39. The average molecular weight is 577 g/mol. The second kappa shape index (κ2) is 15.6. The predicted octanol–water partition coefficient (Wildman–Crippen LogP) is 9.72. The number of benzene rings is 3. The van der Waals surface area contributed by atoms with Gasteiger partial charge in [-0.2, -0.15) is 0 Å². The Kier molecular flexibility index (Phi) is 12.3. The topological polar surface area (TPSA) is 74.2 Å². The fourth-order valence-electron chi connectivity index (χ4n) is 5.12. The molecule has 0 aliphatic heterocycles. The van der Waals surface area contributed by atoms with Crippen LogP contribution in [0.4, 0.5) is 4.79 Å². The van der Waals surface area contributed by atoms with Crippen LogP contribution in [-0.4, -0.2) is 29.8 Å². The van der Waals surface area contributed by atoms with E-state index >= 15 is 0 Å². The summed E-state index contributed by atoms with van der Waals surface area (Å²) >= 11 is 0. The molecule has 0 aliphatic carbocycles. The number of rotatable bonds is 14. The standard InChI is InChI=1S/C36H48O6/c1-8-22-39-26(4)40-33-18-12-29(13-19-33)27(9-2)24-31(23-25(3)28-10-16-32(37)17-11-28)30-14-20-34(21-15-30)41-35(38)42-36(5,6)7/h10-21,25-27,31,37H,8-9,22-24H2,1-7H3. The van der Waals surface area contributed by atoms with Gasteiger partial charge in [-0.05, 0) is 124 Å². The van der Waals surface area contributed by atoms with E-state index in [-0.39, 0.29) is 23.9 Å². The molecule has 0 radical (unpaired) electrons. The third kappa shape index (κ3) is 10.7. The lowest BCUT2D eigenvalue weighted by Gasteiger charge is -2.27. The Bertz CT molecular complexity index is 1210. The van der Waals surface area contributed by atoms with Gasteiger partial charge in [0.25, 0.3) is 0 Å². The van der Waals surface area contributed by atoms with Crippen LogP contribution in [-0.2, 0) is 9.47 Å². The minimum absolute atomic E-state index is 0.257. The highest BCUT2D eigenvalue weighted by atomic mass is 16.7. The van der Waals surface area contributed by atoms with Crippen molar-refractivity contribution in [2.24, 2.45) is 0 Å². The summed E-state index contributed by atoms with van der Waals surface area (Å²) in [5.74, 6) is 2.42. The van der Waals surface area contributed by atoms with Crippen molar-refractivity contribution in [1.29, 1.82) is 0 Å². The number of hydrogen-bond donors (Lipinski definition) is 1. The Hall–Kier alpha value is -3.51. The predicted molar refractivity (Wildman–Crippen MR) is 168 cm³/mol. The van der Waals surface area contributed by atoms with Gasteiger partial charge in [-0.1, -0.05) is 57.2 Å². The normalized spacial score (nSPS) is 14.5. The van der Waals surface area contributed by atoms with Gasteiger partial charge >= 0.3 is 6.16 Å². The van der Waals surface area contributed by atoms with Crippen molar-refractivity contribution in [2.75, 3.05) is 6.61 Å².